The number of rotatable bonds is 6. The number of nitrogens with one attached hydrogen (secondary N) is 1. The monoisotopic (exact) mass is 385 g/mol. The number of carbonyl (C=O) groups excluding carboxylic acids is 1. The molecule has 0 spiro atoms. The first-order chi connectivity index (χ1) is 13.5. The number of fused-ring (bicyclic) bond motifs is 2. The van der Waals surface area contributed by atoms with Gasteiger partial charge in [-0.3, -0.25) is 9.69 Å². The quantitative estimate of drug-likeness (QED) is 0.817. The van der Waals surface area contributed by atoms with Crippen LogP contribution >= 0.6 is 0 Å². The van der Waals surface area contributed by atoms with Gasteiger partial charge in [-0.05, 0) is 43.9 Å². The fourth-order valence-electron chi connectivity index (χ4n) is 3.83. The third-order valence-corrected chi connectivity index (χ3v) is 5.05. The maximum atomic E-state index is 12.3. The smallest absolute Gasteiger partial charge is 0.289 e. The van der Waals surface area contributed by atoms with Crippen molar-refractivity contribution in [3.8, 4) is 11.5 Å². The van der Waals surface area contributed by atoms with Gasteiger partial charge in [0.05, 0.1) is 6.54 Å². The molecule has 150 valence electrons. The van der Waals surface area contributed by atoms with Crippen LogP contribution in [-0.2, 0) is 19.5 Å². The van der Waals surface area contributed by atoms with Crippen LogP contribution in [0.25, 0.3) is 0 Å². The second kappa shape index (κ2) is 7.79. The maximum Gasteiger partial charge on any atom is 0.289 e. The van der Waals surface area contributed by atoms with Crippen LogP contribution in [0.1, 0.15) is 42.8 Å². The van der Waals surface area contributed by atoms with Gasteiger partial charge in [0.15, 0.2) is 11.5 Å². The van der Waals surface area contributed by atoms with Crippen LogP contribution in [0.3, 0.4) is 0 Å². The van der Waals surface area contributed by atoms with E-state index in [4.69, 9.17) is 9.47 Å². The van der Waals surface area contributed by atoms with Crippen molar-refractivity contribution < 1.29 is 14.3 Å². The number of benzene rings is 1. The number of hydrogen-bond donors (Lipinski definition) is 1. The molecule has 2 aliphatic rings. The molecular formula is C20H27N5O3. The summed E-state index contributed by atoms with van der Waals surface area (Å²) in [6.07, 6.45) is 0.974. The second-order valence-corrected chi connectivity index (χ2v) is 7.95. The lowest BCUT2D eigenvalue weighted by atomic mass is 10.00. The third kappa shape index (κ3) is 3.96. The van der Waals surface area contributed by atoms with Gasteiger partial charge in [-0.1, -0.05) is 13.0 Å². The van der Waals surface area contributed by atoms with Crippen LogP contribution in [0.4, 0.5) is 0 Å². The fraction of sp³-hybridized carbons (Fsp3) is 0.550. The molecule has 0 bridgehead atoms. The van der Waals surface area contributed by atoms with Gasteiger partial charge in [0.1, 0.15) is 5.82 Å². The third-order valence-electron chi connectivity index (χ3n) is 5.05. The Kier molecular flexibility index (Phi) is 5.21. The molecule has 8 nitrogen and oxygen atoms in total. The SMILES string of the molecule is CC(Cc1ccc2c(c1)OCO2)CN1CCn2c(nnc2C(=O)NC(C)C)C1. The minimum absolute atomic E-state index is 0.0811. The predicted octanol–water partition coefficient (Wildman–Crippen LogP) is 1.84. The molecule has 1 aromatic heterocycles. The number of hydrogen-bond acceptors (Lipinski definition) is 6. The highest BCUT2D eigenvalue weighted by Gasteiger charge is 2.25. The molecule has 0 saturated heterocycles. The largest absolute Gasteiger partial charge is 0.454 e. The lowest BCUT2D eigenvalue weighted by Gasteiger charge is -2.29. The van der Waals surface area contributed by atoms with E-state index in [1.807, 2.05) is 24.5 Å². The van der Waals surface area contributed by atoms with Crippen molar-refractivity contribution in [3.05, 3.63) is 35.4 Å². The average molecular weight is 385 g/mol. The topological polar surface area (TPSA) is 81.5 Å². The lowest BCUT2D eigenvalue weighted by molar-refractivity contribution is 0.0923. The fourth-order valence-corrected chi connectivity index (χ4v) is 3.83. The van der Waals surface area contributed by atoms with E-state index in [2.05, 4.69) is 39.5 Å². The van der Waals surface area contributed by atoms with Crippen molar-refractivity contribution in [2.75, 3.05) is 19.9 Å². The van der Waals surface area contributed by atoms with Gasteiger partial charge >= 0.3 is 0 Å². The summed E-state index contributed by atoms with van der Waals surface area (Å²) in [6, 6.07) is 6.25. The first kappa shape index (κ1) is 18.7. The van der Waals surface area contributed by atoms with Crippen LogP contribution in [0.5, 0.6) is 11.5 Å². The molecule has 1 amide bonds. The Morgan fingerprint density at radius 2 is 2.00 bits per heavy atom. The van der Waals surface area contributed by atoms with Gasteiger partial charge in [0.2, 0.25) is 12.6 Å². The normalized spacial score (nSPS) is 16.9. The molecule has 3 heterocycles. The molecule has 0 radical (unpaired) electrons. The van der Waals surface area contributed by atoms with E-state index < -0.39 is 0 Å². The first-order valence-electron chi connectivity index (χ1n) is 9.83. The highest BCUT2D eigenvalue weighted by Crippen LogP contribution is 2.33. The number of amides is 1. The summed E-state index contributed by atoms with van der Waals surface area (Å²) in [6.45, 7) is 9.75. The Labute approximate surface area is 164 Å². The van der Waals surface area contributed by atoms with E-state index in [0.29, 0.717) is 25.1 Å². The van der Waals surface area contributed by atoms with E-state index in [0.717, 1.165) is 43.4 Å². The van der Waals surface area contributed by atoms with E-state index in [9.17, 15) is 4.79 Å². The molecule has 0 saturated carbocycles. The van der Waals surface area contributed by atoms with Crippen molar-refractivity contribution in [2.24, 2.45) is 5.92 Å². The summed E-state index contributed by atoms with van der Waals surface area (Å²) in [5.41, 5.74) is 1.25. The molecule has 4 rings (SSSR count). The molecule has 1 N–H and O–H groups in total. The Morgan fingerprint density at radius 1 is 1.18 bits per heavy atom. The number of ether oxygens (including phenoxy) is 2. The van der Waals surface area contributed by atoms with E-state index in [-0.39, 0.29) is 11.9 Å². The summed E-state index contributed by atoms with van der Waals surface area (Å²) >= 11 is 0. The van der Waals surface area contributed by atoms with Gasteiger partial charge < -0.3 is 19.4 Å². The summed E-state index contributed by atoms with van der Waals surface area (Å²) in [5, 5.41) is 11.2. The number of carbonyl (C=O) groups is 1. The minimum atomic E-state index is -0.154. The van der Waals surface area contributed by atoms with Crippen LogP contribution in [0.2, 0.25) is 0 Å². The van der Waals surface area contributed by atoms with Crippen molar-refractivity contribution >= 4 is 5.91 Å². The molecule has 2 aliphatic heterocycles. The van der Waals surface area contributed by atoms with Crippen LogP contribution in [0.15, 0.2) is 18.2 Å². The van der Waals surface area contributed by atoms with Gasteiger partial charge in [-0.25, -0.2) is 0 Å². The molecule has 0 aliphatic carbocycles. The second-order valence-electron chi connectivity index (χ2n) is 7.95. The zero-order valence-corrected chi connectivity index (χ0v) is 16.6. The summed E-state index contributed by atoms with van der Waals surface area (Å²) in [7, 11) is 0. The van der Waals surface area contributed by atoms with Crippen molar-refractivity contribution in [1.29, 1.82) is 0 Å². The van der Waals surface area contributed by atoms with Crippen molar-refractivity contribution in [2.45, 2.75) is 46.3 Å². The first-order valence-corrected chi connectivity index (χ1v) is 9.83. The Hall–Kier alpha value is -2.61. The van der Waals surface area contributed by atoms with Crippen LogP contribution < -0.4 is 14.8 Å². The highest BCUT2D eigenvalue weighted by atomic mass is 16.7. The lowest BCUT2D eigenvalue weighted by Crippen LogP contribution is -2.39. The molecule has 0 fully saturated rings. The van der Waals surface area contributed by atoms with E-state index in [1.165, 1.54) is 5.56 Å². The summed E-state index contributed by atoms with van der Waals surface area (Å²) in [5.74, 6) is 3.26. The van der Waals surface area contributed by atoms with E-state index >= 15 is 0 Å². The van der Waals surface area contributed by atoms with E-state index in [1.54, 1.807) is 0 Å². The Morgan fingerprint density at radius 3 is 2.82 bits per heavy atom. The van der Waals surface area contributed by atoms with Crippen LogP contribution in [-0.4, -0.2) is 51.5 Å². The molecule has 1 aromatic carbocycles. The van der Waals surface area contributed by atoms with Gasteiger partial charge in [-0.15, -0.1) is 10.2 Å². The molecule has 1 unspecified atom stereocenters. The maximum absolute atomic E-state index is 12.3. The molecule has 28 heavy (non-hydrogen) atoms. The molecule has 8 heteroatoms. The minimum Gasteiger partial charge on any atom is -0.454 e. The Bertz CT molecular complexity index is 864. The zero-order chi connectivity index (χ0) is 19.7. The highest BCUT2D eigenvalue weighted by molar-refractivity contribution is 5.90. The standard InChI is InChI=1S/C20H27N5O3/c1-13(2)21-20(26)19-23-22-18-11-24(6-7-25(18)19)10-14(3)8-15-4-5-16-17(9-15)28-12-27-16/h4-5,9,13-14H,6-8,10-12H2,1-3H3,(H,21,26). The summed E-state index contributed by atoms with van der Waals surface area (Å²) < 4.78 is 12.8. The molecular weight excluding hydrogens is 358 g/mol. The molecule has 1 atom stereocenters. The predicted molar refractivity (Wildman–Crippen MR) is 103 cm³/mol. The number of aromatic nitrogens is 3. The van der Waals surface area contributed by atoms with Crippen molar-refractivity contribution in [3.63, 3.8) is 0 Å². The van der Waals surface area contributed by atoms with Gasteiger partial charge in [0.25, 0.3) is 5.91 Å². The summed E-state index contributed by atoms with van der Waals surface area (Å²) in [4.78, 5) is 14.6. The zero-order valence-electron chi connectivity index (χ0n) is 16.6. The van der Waals surface area contributed by atoms with Crippen LogP contribution in [0, 0.1) is 5.92 Å². The van der Waals surface area contributed by atoms with Crippen molar-refractivity contribution in [1.82, 2.24) is 25.0 Å². The average Bonchev–Trinajstić information content (AvgIpc) is 3.26. The van der Waals surface area contributed by atoms with Gasteiger partial charge in [-0.2, -0.15) is 0 Å². The Balaban J connectivity index is 1.34. The number of nitrogens with zero attached hydrogens (tertiary/aromatic N) is 4. The van der Waals surface area contributed by atoms with Gasteiger partial charge in [0, 0.05) is 25.7 Å². The molecule has 2 aromatic rings.